The summed E-state index contributed by atoms with van der Waals surface area (Å²) in [5.74, 6) is 0. The van der Waals surface area contributed by atoms with Gasteiger partial charge in [-0.05, 0) is 36.2 Å². The highest BCUT2D eigenvalue weighted by Gasteiger charge is 2.25. The summed E-state index contributed by atoms with van der Waals surface area (Å²) in [5, 5.41) is 9.05. The lowest BCUT2D eigenvalue weighted by Gasteiger charge is -2.21. The minimum Gasteiger partial charge on any atom is -0.374 e. The number of hydrogen-bond donors (Lipinski definition) is 1. The average molecular weight is 409 g/mol. The SMILES string of the molecule is Nc1nnc(CN(CCc2ccccc2)S(=O)(=O)c2ccc(Cl)cc2)s1. The third kappa shape index (κ3) is 4.59. The quantitative estimate of drug-likeness (QED) is 0.648. The van der Waals surface area contributed by atoms with E-state index < -0.39 is 10.0 Å². The van der Waals surface area contributed by atoms with Gasteiger partial charge in [-0.25, -0.2) is 8.42 Å². The van der Waals surface area contributed by atoms with E-state index in [-0.39, 0.29) is 11.4 Å². The molecule has 0 spiro atoms. The van der Waals surface area contributed by atoms with Gasteiger partial charge in [0.05, 0.1) is 11.4 Å². The second kappa shape index (κ2) is 8.13. The summed E-state index contributed by atoms with van der Waals surface area (Å²) in [6, 6.07) is 15.8. The highest BCUT2D eigenvalue weighted by atomic mass is 35.5. The van der Waals surface area contributed by atoms with Gasteiger partial charge in [0.1, 0.15) is 5.01 Å². The van der Waals surface area contributed by atoms with Crippen LogP contribution in [0, 0.1) is 0 Å². The molecule has 2 aromatic carbocycles. The zero-order valence-electron chi connectivity index (χ0n) is 13.7. The Morgan fingerprint density at radius 1 is 1.04 bits per heavy atom. The number of anilines is 1. The number of nitrogen functional groups attached to an aromatic ring is 1. The summed E-state index contributed by atoms with van der Waals surface area (Å²) in [4.78, 5) is 0.187. The molecule has 3 aromatic rings. The standard InChI is InChI=1S/C17H17ClN4O2S2/c18-14-6-8-15(9-7-14)26(23,24)22(12-16-20-21-17(19)25-16)11-10-13-4-2-1-3-5-13/h1-9H,10-12H2,(H2,19,21). The van der Waals surface area contributed by atoms with E-state index in [1.165, 1.54) is 27.8 Å². The Balaban J connectivity index is 1.86. The van der Waals surface area contributed by atoms with Gasteiger partial charge in [-0.15, -0.1) is 10.2 Å². The van der Waals surface area contributed by atoms with Gasteiger partial charge in [0.25, 0.3) is 0 Å². The minimum absolute atomic E-state index is 0.118. The van der Waals surface area contributed by atoms with Crippen molar-refractivity contribution < 1.29 is 8.42 Å². The first-order valence-corrected chi connectivity index (χ1v) is 10.5. The number of benzene rings is 2. The fourth-order valence-electron chi connectivity index (χ4n) is 2.42. The molecule has 0 saturated heterocycles. The molecule has 0 aliphatic heterocycles. The van der Waals surface area contributed by atoms with Crippen molar-refractivity contribution in [2.24, 2.45) is 0 Å². The molecule has 136 valence electrons. The molecule has 2 N–H and O–H groups in total. The lowest BCUT2D eigenvalue weighted by Crippen LogP contribution is -2.32. The first-order valence-electron chi connectivity index (χ1n) is 7.82. The Hall–Kier alpha value is -2.00. The van der Waals surface area contributed by atoms with E-state index in [2.05, 4.69) is 10.2 Å². The molecule has 26 heavy (non-hydrogen) atoms. The first kappa shape index (κ1) is 18.8. The van der Waals surface area contributed by atoms with Gasteiger partial charge in [-0.1, -0.05) is 53.3 Å². The van der Waals surface area contributed by atoms with Crippen molar-refractivity contribution in [2.45, 2.75) is 17.9 Å². The Morgan fingerprint density at radius 2 is 1.73 bits per heavy atom. The molecule has 0 amide bonds. The van der Waals surface area contributed by atoms with Crippen LogP contribution in [-0.2, 0) is 23.0 Å². The van der Waals surface area contributed by atoms with Gasteiger partial charge < -0.3 is 5.73 Å². The second-order valence-electron chi connectivity index (χ2n) is 5.56. The summed E-state index contributed by atoms with van der Waals surface area (Å²) in [7, 11) is -3.70. The number of rotatable bonds is 7. The van der Waals surface area contributed by atoms with Crippen LogP contribution in [0.25, 0.3) is 0 Å². The monoisotopic (exact) mass is 408 g/mol. The van der Waals surface area contributed by atoms with E-state index in [4.69, 9.17) is 17.3 Å². The maximum absolute atomic E-state index is 13.1. The zero-order valence-corrected chi connectivity index (χ0v) is 16.1. The van der Waals surface area contributed by atoms with Crippen LogP contribution in [0.5, 0.6) is 0 Å². The third-order valence-corrected chi connectivity index (χ3v) is 6.59. The summed E-state index contributed by atoms with van der Waals surface area (Å²) in [5.41, 5.74) is 6.67. The predicted octanol–water partition coefficient (Wildman–Crippen LogP) is 3.21. The summed E-state index contributed by atoms with van der Waals surface area (Å²) < 4.78 is 27.6. The van der Waals surface area contributed by atoms with Gasteiger partial charge in [0.2, 0.25) is 15.2 Å². The molecule has 3 rings (SSSR count). The summed E-state index contributed by atoms with van der Waals surface area (Å²) in [6.45, 7) is 0.432. The van der Waals surface area contributed by atoms with Crippen molar-refractivity contribution in [1.29, 1.82) is 0 Å². The van der Waals surface area contributed by atoms with Crippen molar-refractivity contribution >= 4 is 38.1 Å². The fourth-order valence-corrected chi connectivity index (χ4v) is 4.65. The summed E-state index contributed by atoms with van der Waals surface area (Å²) in [6.07, 6.45) is 0.585. The van der Waals surface area contributed by atoms with E-state index >= 15 is 0 Å². The van der Waals surface area contributed by atoms with Crippen LogP contribution in [0.15, 0.2) is 59.5 Å². The molecule has 6 nitrogen and oxygen atoms in total. The third-order valence-electron chi connectivity index (χ3n) is 3.74. The molecule has 0 unspecified atom stereocenters. The van der Waals surface area contributed by atoms with Crippen LogP contribution in [-0.4, -0.2) is 29.5 Å². The number of hydrogen-bond acceptors (Lipinski definition) is 6. The molecule has 1 aromatic heterocycles. The van der Waals surface area contributed by atoms with Crippen LogP contribution in [0.3, 0.4) is 0 Å². The van der Waals surface area contributed by atoms with Crippen molar-refractivity contribution in [1.82, 2.24) is 14.5 Å². The first-order chi connectivity index (χ1) is 12.4. The molecule has 0 fully saturated rings. The van der Waals surface area contributed by atoms with Gasteiger partial charge >= 0.3 is 0 Å². The number of sulfonamides is 1. The lowest BCUT2D eigenvalue weighted by atomic mass is 10.1. The fraction of sp³-hybridized carbons (Fsp3) is 0.176. The zero-order chi connectivity index (χ0) is 18.6. The van der Waals surface area contributed by atoms with Crippen LogP contribution in [0.2, 0.25) is 5.02 Å². The molecular weight excluding hydrogens is 392 g/mol. The van der Waals surface area contributed by atoms with Crippen molar-refractivity contribution in [3.8, 4) is 0 Å². The molecule has 9 heteroatoms. The number of aromatic nitrogens is 2. The molecule has 0 atom stereocenters. The topological polar surface area (TPSA) is 89.2 Å². The van der Waals surface area contributed by atoms with Crippen LogP contribution in [0.4, 0.5) is 5.13 Å². The molecule has 0 radical (unpaired) electrons. The van der Waals surface area contributed by atoms with Gasteiger partial charge in [-0.3, -0.25) is 0 Å². The van der Waals surface area contributed by atoms with E-state index in [0.717, 1.165) is 5.56 Å². The Morgan fingerprint density at radius 3 is 2.35 bits per heavy atom. The highest BCUT2D eigenvalue weighted by molar-refractivity contribution is 7.89. The number of nitrogens with zero attached hydrogens (tertiary/aromatic N) is 3. The van der Waals surface area contributed by atoms with Crippen LogP contribution in [0.1, 0.15) is 10.6 Å². The van der Waals surface area contributed by atoms with E-state index in [9.17, 15) is 8.42 Å². The van der Waals surface area contributed by atoms with Gasteiger partial charge in [0, 0.05) is 11.6 Å². The largest absolute Gasteiger partial charge is 0.374 e. The Labute approximate surface area is 161 Å². The molecule has 0 saturated carbocycles. The summed E-state index contributed by atoms with van der Waals surface area (Å²) >= 11 is 7.06. The minimum atomic E-state index is -3.70. The molecular formula is C17H17ClN4O2S2. The van der Waals surface area contributed by atoms with Gasteiger partial charge in [0.15, 0.2) is 0 Å². The Kier molecular flexibility index (Phi) is 5.87. The van der Waals surface area contributed by atoms with E-state index in [0.29, 0.717) is 28.1 Å². The lowest BCUT2D eigenvalue weighted by molar-refractivity contribution is 0.408. The molecule has 0 bridgehead atoms. The molecule has 0 aliphatic carbocycles. The predicted molar refractivity (Wildman–Crippen MR) is 104 cm³/mol. The smallest absolute Gasteiger partial charge is 0.243 e. The highest BCUT2D eigenvalue weighted by Crippen LogP contribution is 2.22. The van der Waals surface area contributed by atoms with E-state index in [1.807, 2.05) is 30.3 Å². The molecule has 1 heterocycles. The van der Waals surface area contributed by atoms with Crippen molar-refractivity contribution in [3.05, 3.63) is 70.2 Å². The normalized spacial score (nSPS) is 11.8. The molecule has 0 aliphatic rings. The van der Waals surface area contributed by atoms with Crippen molar-refractivity contribution in [2.75, 3.05) is 12.3 Å². The van der Waals surface area contributed by atoms with Crippen LogP contribution < -0.4 is 5.73 Å². The van der Waals surface area contributed by atoms with E-state index in [1.54, 1.807) is 12.1 Å². The Bertz CT molecular complexity index is 960. The van der Waals surface area contributed by atoms with Crippen molar-refractivity contribution in [3.63, 3.8) is 0 Å². The average Bonchev–Trinajstić information content (AvgIpc) is 3.04. The van der Waals surface area contributed by atoms with Gasteiger partial charge in [-0.2, -0.15) is 4.31 Å². The van der Waals surface area contributed by atoms with Crippen LogP contribution >= 0.6 is 22.9 Å². The second-order valence-corrected chi connectivity index (χ2v) is 9.03. The maximum Gasteiger partial charge on any atom is 0.243 e. The number of halogens is 1. The number of nitrogens with two attached hydrogens (primary N) is 1. The maximum atomic E-state index is 13.1.